The van der Waals surface area contributed by atoms with E-state index >= 15 is 0 Å². The summed E-state index contributed by atoms with van der Waals surface area (Å²) in [5.41, 5.74) is 13.0. The number of nitrogens with zero attached hydrogens (tertiary/aromatic N) is 3. The number of carbonyl (C=O) groups excluding carboxylic acids is 1. The Morgan fingerprint density at radius 3 is 2.69 bits per heavy atom. The number of aryl methyl sites for hydroxylation is 1. The van der Waals surface area contributed by atoms with E-state index in [4.69, 9.17) is 16.2 Å². The standard InChI is InChI=1S/C17H21N7O2/c1-9-14(18)23-15(19)13(21-9)16(25)24-17-20-8-11(22-17)7-10-3-5-12(26-2)6-4-10/h3-6,11H,7-8H2,1-2H3,(H4,18,19,23)(H2,20,22,24,25)/t11-/m0/s1. The molecule has 0 unspecified atom stereocenters. The monoisotopic (exact) mass is 355 g/mol. The Bertz CT molecular complexity index is 849. The molecule has 0 fully saturated rings. The molecule has 2 heterocycles. The lowest BCUT2D eigenvalue weighted by atomic mass is 10.1. The topological polar surface area (TPSA) is 141 Å². The van der Waals surface area contributed by atoms with E-state index in [0.29, 0.717) is 18.2 Å². The third kappa shape index (κ3) is 3.82. The largest absolute Gasteiger partial charge is 0.497 e. The molecule has 0 saturated carbocycles. The number of carbonyl (C=O) groups is 1. The Hall–Kier alpha value is -3.36. The van der Waals surface area contributed by atoms with Gasteiger partial charge in [-0.2, -0.15) is 0 Å². The fourth-order valence-corrected chi connectivity index (χ4v) is 2.60. The Morgan fingerprint density at radius 1 is 1.27 bits per heavy atom. The Kier molecular flexibility index (Phi) is 4.87. The first kappa shape index (κ1) is 17.5. The lowest BCUT2D eigenvalue weighted by molar-refractivity contribution is 0.0971. The van der Waals surface area contributed by atoms with Gasteiger partial charge in [0.1, 0.15) is 11.6 Å². The van der Waals surface area contributed by atoms with Gasteiger partial charge in [0.05, 0.1) is 25.4 Å². The lowest BCUT2D eigenvalue weighted by Crippen LogP contribution is -2.43. The minimum absolute atomic E-state index is 0.0148. The van der Waals surface area contributed by atoms with Gasteiger partial charge in [-0.3, -0.25) is 15.1 Å². The van der Waals surface area contributed by atoms with Gasteiger partial charge < -0.3 is 21.5 Å². The molecule has 1 atom stereocenters. The van der Waals surface area contributed by atoms with Crippen LogP contribution in [-0.4, -0.2) is 41.5 Å². The summed E-state index contributed by atoms with van der Waals surface area (Å²) in [6.07, 6.45) is 0.774. The van der Waals surface area contributed by atoms with Crippen LogP contribution in [0, 0.1) is 6.92 Å². The van der Waals surface area contributed by atoms with E-state index in [9.17, 15) is 4.79 Å². The number of anilines is 2. The van der Waals surface area contributed by atoms with Gasteiger partial charge in [0.25, 0.3) is 5.91 Å². The minimum Gasteiger partial charge on any atom is -0.497 e. The van der Waals surface area contributed by atoms with Crippen molar-refractivity contribution in [2.24, 2.45) is 4.99 Å². The summed E-state index contributed by atoms with van der Waals surface area (Å²) in [6.45, 7) is 2.22. The summed E-state index contributed by atoms with van der Waals surface area (Å²) in [4.78, 5) is 24.7. The molecule has 0 bridgehead atoms. The number of ether oxygens (including phenoxy) is 1. The van der Waals surface area contributed by atoms with Gasteiger partial charge in [-0.1, -0.05) is 12.1 Å². The molecule has 3 rings (SSSR count). The number of nitrogens with two attached hydrogens (primary N) is 2. The smallest absolute Gasteiger partial charge is 0.280 e. The summed E-state index contributed by atoms with van der Waals surface area (Å²) in [6, 6.07) is 7.93. The van der Waals surface area contributed by atoms with E-state index in [1.807, 2.05) is 24.3 Å². The fourth-order valence-electron chi connectivity index (χ4n) is 2.60. The third-order valence-corrected chi connectivity index (χ3v) is 4.03. The van der Waals surface area contributed by atoms with Gasteiger partial charge in [-0.15, -0.1) is 0 Å². The molecular weight excluding hydrogens is 334 g/mol. The van der Waals surface area contributed by atoms with Gasteiger partial charge in [-0.05, 0) is 31.0 Å². The van der Waals surface area contributed by atoms with Crippen LogP contribution in [0.2, 0.25) is 0 Å². The number of rotatable bonds is 4. The molecule has 0 radical (unpaired) electrons. The van der Waals surface area contributed by atoms with Crippen molar-refractivity contribution in [1.82, 2.24) is 20.6 Å². The first-order chi connectivity index (χ1) is 12.5. The van der Waals surface area contributed by atoms with Crippen LogP contribution in [0.3, 0.4) is 0 Å². The molecule has 0 aliphatic carbocycles. The second-order valence-corrected chi connectivity index (χ2v) is 5.96. The SMILES string of the molecule is COc1ccc(C[C@H]2CN=C(NC(=O)c3nc(C)c(N)nc3N)N2)cc1. The molecule has 1 aliphatic rings. The van der Waals surface area contributed by atoms with Crippen LogP contribution in [0.25, 0.3) is 0 Å². The summed E-state index contributed by atoms with van der Waals surface area (Å²) < 4.78 is 5.15. The van der Waals surface area contributed by atoms with E-state index in [-0.39, 0.29) is 23.4 Å². The van der Waals surface area contributed by atoms with Crippen LogP contribution in [0.1, 0.15) is 21.7 Å². The van der Waals surface area contributed by atoms with Crippen molar-refractivity contribution in [3.8, 4) is 5.75 Å². The average molecular weight is 355 g/mol. The average Bonchev–Trinajstić information content (AvgIpc) is 3.05. The third-order valence-electron chi connectivity index (χ3n) is 4.03. The second-order valence-electron chi connectivity index (χ2n) is 5.96. The quantitative estimate of drug-likeness (QED) is 0.616. The van der Waals surface area contributed by atoms with Crippen LogP contribution in [0.5, 0.6) is 5.75 Å². The number of benzene rings is 1. The van der Waals surface area contributed by atoms with Crippen molar-refractivity contribution >= 4 is 23.5 Å². The van der Waals surface area contributed by atoms with Gasteiger partial charge in [0, 0.05) is 0 Å². The highest BCUT2D eigenvalue weighted by Crippen LogP contribution is 2.14. The second kappa shape index (κ2) is 7.26. The zero-order valence-electron chi connectivity index (χ0n) is 14.6. The van der Waals surface area contributed by atoms with Crippen LogP contribution in [0.15, 0.2) is 29.3 Å². The molecule has 136 valence electrons. The first-order valence-electron chi connectivity index (χ1n) is 8.11. The molecule has 1 aromatic carbocycles. The number of nitrogens with one attached hydrogen (secondary N) is 2. The molecule has 1 amide bonds. The first-order valence-corrected chi connectivity index (χ1v) is 8.11. The van der Waals surface area contributed by atoms with Gasteiger partial charge in [0.2, 0.25) is 0 Å². The summed E-state index contributed by atoms with van der Waals surface area (Å²) in [5.74, 6) is 0.919. The maximum atomic E-state index is 12.4. The van der Waals surface area contributed by atoms with Crippen molar-refractivity contribution in [3.05, 3.63) is 41.2 Å². The van der Waals surface area contributed by atoms with Crippen molar-refractivity contribution in [3.63, 3.8) is 0 Å². The highest BCUT2D eigenvalue weighted by molar-refractivity contribution is 6.07. The molecule has 9 nitrogen and oxygen atoms in total. The normalized spacial score (nSPS) is 15.9. The van der Waals surface area contributed by atoms with E-state index in [2.05, 4.69) is 25.6 Å². The molecule has 2 aromatic rings. The minimum atomic E-state index is -0.477. The molecule has 0 saturated heterocycles. The van der Waals surface area contributed by atoms with E-state index in [1.165, 1.54) is 0 Å². The van der Waals surface area contributed by atoms with E-state index < -0.39 is 5.91 Å². The maximum absolute atomic E-state index is 12.4. The lowest BCUT2D eigenvalue weighted by Gasteiger charge is -2.13. The van der Waals surface area contributed by atoms with Crippen molar-refractivity contribution in [1.29, 1.82) is 0 Å². The van der Waals surface area contributed by atoms with E-state index in [1.54, 1.807) is 14.0 Å². The number of hydrogen-bond acceptors (Lipinski definition) is 8. The predicted octanol–water partition coefficient (Wildman–Crippen LogP) is 0.258. The summed E-state index contributed by atoms with van der Waals surface area (Å²) in [7, 11) is 1.63. The molecule has 1 aromatic heterocycles. The summed E-state index contributed by atoms with van der Waals surface area (Å²) in [5, 5.41) is 5.86. The highest BCUT2D eigenvalue weighted by Gasteiger charge is 2.22. The van der Waals surface area contributed by atoms with Crippen LogP contribution in [0.4, 0.5) is 11.6 Å². The molecule has 0 spiro atoms. The molecular formula is C17H21N7O2. The van der Waals surface area contributed by atoms with Crippen LogP contribution >= 0.6 is 0 Å². The molecule has 26 heavy (non-hydrogen) atoms. The van der Waals surface area contributed by atoms with Crippen molar-refractivity contribution in [2.75, 3.05) is 25.1 Å². The fraction of sp³-hybridized carbons (Fsp3) is 0.294. The zero-order valence-corrected chi connectivity index (χ0v) is 14.6. The Morgan fingerprint density at radius 2 is 2.00 bits per heavy atom. The predicted molar refractivity (Wildman–Crippen MR) is 99.0 cm³/mol. The number of nitrogen functional groups attached to an aromatic ring is 2. The summed E-state index contributed by atoms with van der Waals surface area (Å²) >= 11 is 0. The van der Waals surface area contributed by atoms with Gasteiger partial charge in [-0.25, -0.2) is 9.97 Å². The molecule has 1 aliphatic heterocycles. The van der Waals surface area contributed by atoms with Crippen molar-refractivity contribution in [2.45, 2.75) is 19.4 Å². The van der Waals surface area contributed by atoms with Crippen LogP contribution in [-0.2, 0) is 6.42 Å². The number of hydrogen-bond donors (Lipinski definition) is 4. The Labute approximate surface area is 150 Å². The van der Waals surface area contributed by atoms with E-state index in [0.717, 1.165) is 17.7 Å². The van der Waals surface area contributed by atoms with Gasteiger partial charge >= 0.3 is 0 Å². The number of aliphatic imine (C=N–C) groups is 1. The van der Waals surface area contributed by atoms with Crippen LogP contribution < -0.4 is 26.8 Å². The van der Waals surface area contributed by atoms with Gasteiger partial charge in [0.15, 0.2) is 17.5 Å². The zero-order chi connectivity index (χ0) is 18.7. The number of guanidine groups is 1. The highest BCUT2D eigenvalue weighted by atomic mass is 16.5. The van der Waals surface area contributed by atoms with Crippen molar-refractivity contribution < 1.29 is 9.53 Å². The number of aromatic nitrogens is 2. The molecule has 6 N–H and O–H groups in total. The number of methoxy groups -OCH3 is 1. The maximum Gasteiger partial charge on any atom is 0.280 e. The Balaban J connectivity index is 1.58. The number of amides is 1. The molecule has 9 heteroatoms.